The molecule has 2 aromatic carbocycles. The predicted molar refractivity (Wildman–Crippen MR) is 97.8 cm³/mol. The molecule has 144 valence electrons. The number of aromatic nitrogens is 6. The van der Waals surface area contributed by atoms with E-state index in [0.717, 1.165) is 5.56 Å². The van der Waals surface area contributed by atoms with E-state index in [0.29, 0.717) is 5.69 Å². The zero-order valence-corrected chi connectivity index (χ0v) is 14.8. The van der Waals surface area contributed by atoms with Crippen LogP contribution in [0.3, 0.4) is 0 Å². The van der Waals surface area contributed by atoms with Crippen molar-refractivity contribution in [2.75, 3.05) is 11.9 Å². The minimum Gasteiger partial charge on any atom is -0.452 e. The van der Waals surface area contributed by atoms with Crippen molar-refractivity contribution in [2.45, 2.75) is 0 Å². The van der Waals surface area contributed by atoms with Crippen LogP contribution >= 0.6 is 0 Å². The van der Waals surface area contributed by atoms with Gasteiger partial charge in [-0.3, -0.25) is 10.1 Å². The van der Waals surface area contributed by atoms with Gasteiger partial charge in [0.05, 0.1) is 11.3 Å². The van der Waals surface area contributed by atoms with E-state index in [1.54, 1.807) is 36.4 Å². The smallest absolute Gasteiger partial charge is 0.338 e. The average molecular weight is 391 g/mol. The van der Waals surface area contributed by atoms with Gasteiger partial charge in [0.1, 0.15) is 6.33 Å². The van der Waals surface area contributed by atoms with Gasteiger partial charge in [0.2, 0.25) is 5.89 Å². The summed E-state index contributed by atoms with van der Waals surface area (Å²) in [6, 6.07) is 15.5. The molecule has 0 atom stereocenters. The first-order chi connectivity index (χ1) is 14.2. The number of amides is 1. The van der Waals surface area contributed by atoms with Gasteiger partial charge in [-0.15, -0.1) is 10.2 Å². The molecule has 0 aliphatic carbocycles. The molecule has 4 rings (SSSR count). The second-order valence-corrected chi connectivity index (χ2v) is 5.71. The van der Waals surface area contributed by atoms with E-state index in [2.05, 4.69) is 31.0 Å². The molecule has 4 aromatic rings. The molecule has 0 fully saturated rings. The topological polar surface area (TPSA) is 138 Å². The van der Waals surface area contributed by atoms with Crippen LogP contribution in [0.5, 0.6) is 0 Å². The standard InChI is InChI=1S/C18H13N7O4/c26-15(20-18-22-21-16(29-18)12-5-2-1-3-6-12)10-28-17(27)13-7-4-8-14(9-13)25-11-19-23-24-25/h1-9,11H,10H2,(H,20,22,26). The molecule has 2 aromatic heterocycles. The molecular formula is C18H13N7O4. The van der Waals surface area contributed by atoms with E-state index in [4.69, 9.17) is 9.15 Å². The number of anilines is 1. The van der Waals surface area contributed by atoms with Crippen LogP contribution in [-0.2, 0) is 9.53 Å². The van der Waals surface area contributed by atoms with E-state index >= 15 is 0 Å². The van der Waals surface area contributed by atoms with E-state index < -0.39 is 18.5 Å². The van der Waals surface area contributed by atoms with E-state index in [1.165, 1.54) is 11.0 Å². The minimum absolute atomic E-state index is 0.0921. The van der Waals surface area contributed by atoms with Crippen LogP contribution in [0.1, 0.15) is 10.4 Å². The van der Waals surface area contributed by atoms with Gasteiger partial charge >= 0.3 is 12.0 Å². The van der Waals surface area contributed by atoms with E-state index in [1.807, 2.05) is 18.2 Å². The maximum atomic E-state index is 12.2. The first kappa shape index (κ1) is 18.0. The molecule has 11 heteroatoms. The molecule has 0 radical (unpaired) electrons. The summed E-state index contributed by atoms with van der Waals surface area (Å²) in [4.78, 5) is 24.2. The average Bonchev–Trinajstić information content (AvgIpc) is 3.45. The quantitative estimate of drug-likeness (QED) is 0.485. The minimum atomic E-state index is -0.675. The third kappa shape index (κ3) is 4.30. The van der Waals surface area contributed by atoms with Crippen LogP contribution in [0, 0.1) is 0 Å². The van der Waals surface area contributed by atoms with Crippen molar-refractivity contribution in [3.63, 3.8) is 0 Å². The van der Waals surface area contributed by atoms with Crippen LogP contribution in [0.2, 0.25) is 0 Å². The molecular weight excluding hydrogens is 378 g/mol. The fourth-order valence-electron chi connectivity index (χ4n) is 2.40. The molecule has 1 N–H and O–H groups in total. The molecule has 0 saturated heterocycles. The fourth-order valence-corrected chi connectivity index (χ4v) is 2.40. The Bertz CT molecular complexity index is 1130. The Morgan fingerprint density at radius 2 is 1.93 bits per heavy atom. The monoisotopic (exact) mass is 391 g/mol. The molecule has 0 bridgehead atoms. The van der Waals surface area contributed by atoms with E-state index in [9.17, 15) is 9.59 Å². The highest BCUT2D eigenvalue weighted by molar-refractivity contribution is 5.94. The van der Waals surface area contributed by atoms with Gasteiger partial charge < -0.3 is 9.15 Å². The van der Waals surface area contributed by atoms with Crippen LogP contribution in [0.15, 0.2) is 65.3 Å². The van der Waals surface area contributed by atoms with Gasteiger partial charge in [0.15, 0.2) is 6.61 Å². The Balaban J connectivity index is 1.34. The molecule has 0 aliphatic heterocycles. The van der Waals surface area contributed by atoms with Crippen molar-refractivity contribution < 1.29 is 18.7 Å². The summed E-state index contributed by atoms with van der Waals surface area (Å²) in [5.41, 5.74) is 1.54. The van der Waals surface area contributed by atoms with Crippen molar-refractivity contribution in [1.29, 1.82) is 0 Å². The van der Waals surface area contributed by atoms with Gasteiger partial charge in [-0.2, -0.15) is 0 Å². The normalized spacial score (nSPS) is 10.5. The number of hydrogen-bond acceptors (Lipinski definition) is 9. The third-order valence-electron chi connectivity index (χ3n) is 3.72. The van der Waals surface area contributed by atoms with Crippen LogP contribution < -0.4 is 5.32 Å². The first-order valence-electron chi connectivity index (χ1n) is 8.38. The first-order valence-corrected chi connectivity index (χ1v) is 8.38. The lowest BCUT2D eigenvalue weighted by atomic mass is 10.2. The molecule has 29 heavy (non-hydrogen) atoms. The van der Waals surface area contributed by atoms with Gasteiger partial charge in [-0.1, -0.05) is 29.4 Å². The molecule has 0 aliphatic rings. The largest absolute Gasteiger partial charge is 0.452 e. The Labute approximate surface area is 163 Å². The van der Waals surface area contributed by atoms with Gasteiger partial charge in [0.25, 0.3) is 5.91 Å². The number of benzene rings is 2. The summed E-state index contributed by atoms with van der Waals surface area (Å²) in [6.07, 6.45) is 1.39. The Hall–Kier alpha value is -4.41. The number of rotatable bonds is 6. The Kier molecular flexibility index (Phi) is 5.01. The Morgan fingerprint density at radius 1 is 1.07 bits per heavy atom. The molecule has 0 unspecified atom stereocenters. The summed E-state index contributed by atoms with van der Waals surface area (Å²) < 4.78 is 11.8. The lowest BCUT2D eigenvalue weighted by molar-refractivity contribution is -0.119. The lowest BCUT2D eigenvalue weighted by Crippen LogP contribution is -2.21. The maximum absolute atomic E-state index is 12.2. The number of tetrazole rings is 1. The number of nitrogens with one attached hydrogen (secondary N) is 1. The fraction of sp³-hybridized carbons (Fsp3) is 0.0556. The summed E-state index contributed by atoms with van der Waals surface area (Å²) in [7, 11) is 0. The molecule has 0 saturated carbocycles. The van der Waals surface area contributed by atoms with Gasteiger partial charge in [0, 0.05) is 5.56 Å². The van der Waals surface area contributed by atoms with Gasteiger partial charge in [-0.05, 0) is 40.8 Å². The van der Waals surface area contributed by atoms with Crippen LogP contribution in [0.25, 0.3) is 17.1 Å². The van der Waals surface area contributed by atoms with Crippen molar-refractivity contribution in [2.24, 2.45) is 0 Å². The van der Waals surface area contributed by atoms with Crippen molar-refractivity contribution >= 4 is 17.9 Å². The molecule has 2 heterocycles. The number of carbonyl (C=O) groups is 2. The number of carbonyl (C=O) groups excluding carboxylic acids is 2. The molecule has 11 nitrogen and oxygen atoms in total. The summed E-state index contributed by atoms with van der Waals surface area (Å²) >= 11 is 0. The predicted octanol–water partition coefficient (Wildman–Crippen LogP) is 1.51. The van der Waals surface area contributed by atoms with E-state index in [-0.39, 0.29) is 17.5 Å². The third-order valence-corrected chi connectivity index (χ3v) is 3.72. The Morgan fingerprint density at radius 3 is 2.72 bits per heavy atom. The number of esters is 1. The summed E-state index contributed by atoms with van der Waals surface area (Å²) in [6.45, 7) is -0.517. The molecule has 1 amide bonds. The van der Waals surface area contributed by atoms with Crippen molar-refractivity contribution in [3.8, 4) is 17.1 Å². The number of ether oxygens (including phenoxy) is 1. The highest BCUT2D eigenvalue weighted by atomic mass is 16.5. The second-order valence-electron chi connectivity index (χ2n) is 5.71. The summed E-state index contributed by atoms with van der Waals surface area (Å²) in [5.74, 6) is -1.03. The zero-order valence-electron chi connectivity index (χ0n) is 14.8. The SMILES string of the molecule is O=C(COC(=O)c1cccc(-n2cnnn2)c1)Nc1nnc(-c2ccccc2)o1. The van der Waals surface area contributed by atoms with Crippen molar-refractivity contribution in [1.82, 2.24) is 30.4 Å². The second kappa shape index (κ2) is 8.08. The number of hydrogen-bond donors (Lipinski definition) is 1. The van der Waals surface area contributed by atoms with Crippen molar-refractivity contribution in [3.05, 3.63) is 66.5 Å². The highest BCUT2D eigenvalue weighted by Gasteiger charge is 2.14. The van der Waals surface area contributed by atoms with Crippen LogP contribution in [0.4, 0.5) is 6.01 Å². The van der Waals surface area contributed by atoms with Gasteiger partial charge in [-0.25, -0.2) is 9.48 Å². The maximum Gasteiger partial charge on any atom is 0.338 e. The zero-order chi connectivity index (χ0) is 20.1. The molecule has 0 spiro atoms. The summed E-state index contributed by atoms with van der Waals surface area (Å²) in [5, 5.41) is 20.8. The number of nitrogens with zero attached hydrogens (tertiary/aromatic N) is 6. The highest BCUT2D eigenvalue weighted by Crippen LogP contribution is 2.19. The van der Waals surface area contributed by atoms with Crippen LogP contribution in [-0.4, -0.2) is 48.9 Å². The lowest BCUT2D eigenvalue weighted by Gasteiger charge is -2.05.